The third-order valence-corrected chi connectivity index (χ3v) is 2.88. The fourth-order valence-electron chi connectivity index (χ4n) is 1.95. The average Bonchev–Trinajstić information content (AvgIpc) is 2.98. The number of morpholine rings is 1. The van der Waals surface area contributed by atoms with E-state index in [9.17, 15) is 0 Å². The van der Waals surface area contributed by atoms with Crippen LogP contribution in [-0.4, -0.2) is 36.3 Å². The number of aryl methyl sites for hydroxylation is 1. The SMILES string of the molecule is Cc1ccc(-c2cnc(N3CCOCC3)[nH]2)o1. The molecule has 90 valence electrons. The van der Waals surface area contributed by atoms with Gasteiger partial charge in [-0.05, 0) is 19.1 Å². The smallest absolute Gasteiger partial charge is 0.203 e. The summed E-state index contributed by atoms with van der Waals surface area (Å²) in [7, 11) is 0. The van der Waals surface area contributed by atoms with Crippen LogP contribution in [0.25, 0.3) is 11.5 Å². The average molecular weight is 233 g/mol. The molecule has 1 aliphatic rings. The summed E-state index contributed by atoms with van der Waals surface area (Å²) < 4.78 is 10.9. The first-order valence-corrected chi connectivity index (χ1v) is 5.77. The van der Waals surface area contributed by atoms with E-state index in [0.29, 0.717) is 0 Å². The molecule has 0 amide bonds. The van der Waals surface area contributed by atoms with E-state index in [2.05, 4.69) is 14.9 Å². The van der Waals surface area contributed by atoms with Crippen molar-refractivity contribution in [2.24, 2.45) is 0 Å². The van der Waals surface area contributed by atoms with Gasteiger partial charge in [0.2, 0.25) is 5.95 Å². The quantitative estimate of drug-likeness (QED) is 0.859. The summed E-state index contributed by atoms with van der Waals surface area (Å²) >= 11 is 0. The summed E-state index contributed by atoms with van der Waals surface area (Å²) in [5.41, 5.74) is 0.916. The fraction of sp³-hybridized carbons (Fsp3) is 0.417. The summed E-state index contributed by atoms with van der Waals surface area (Å²) in [6, 6.07) is 3.90. The van der Waals surface area contributed by atoms with Gasteiger partial charge in [-0.25, -0.2) is 4.98 Å². The molecule has 3 heterocycles. The van der Waals surface area contributed by atoms with Gasteiger partial charge in [-0.15, -0.1) is 0 Å². The van der Waals surface area contributed by atoms with Crippen molar-refractivity contribution in [3.05, 3.63) is 24.1 Å². The lowest BCUT2D eigenvalue weighted by Gasteiger charge is -2.26. The molecule has 0 bridgehead atoms. The monoisotopic (exact) mass is 233 g/mol. The normalized spacial score (nSPS) is 16.4. The Bertz CT molecular complexity index is 497. The van der Waals surface area contributed by atoms with Crippen LogP contribution >= 0.6 is 0 Å². The van der Waals surface area contributed by atoms with Crippen LogP contribution in [0.2, 0.25) is 0 Å². The van der Waals surface area contributed by atoms with Gasteiger partial charge in [0, 0.05) is 13.1 Å². The lowest BCUT2D eigenvalue weighted by Crippen LogP contribution is -2.36. The van der Waals surface area contributed by atoms with E-state index in [-0.39, 0.29) is 0 Å². The van der Waals surface area contributed by atoms with E-state index in [1.807, 2.05) is 25.3 Å². The topological polar surface area (TPSA) is 54.3 Å². The molecule has 2 aromatic rings. The zero-order chi connectivity index (χ0) is 11.7. The molecule has 0 atom stereocenters. The second-order valence-corrected chi connectivity index (χ2v) is 4.13. The minimum Gasteiger partial charge on any atom is -0.460 e. The van der Waals surface area contributed by atoms with Crippen molar-refractivity contribution in [3.63, 3.8) is 0 Å². The molecule has 0 unspecified atom stereocenters. The minimum atomic E-state index is 0.760. The number of anilines is 1. The highest BCUT2D eigenvalue weighted by Crippen LogP contribution is 2.22. The summed E-state index contributed by atoms with van der Waals surface area (Å²) in [6.07, 6.45) is 1.81. The molecule has 5 nitrogen and oxygen atoms in total. The van der Waals surface area contributed by atoms with Crippen LogP contribution in [0.4, 0.5) is 5.95 Å². The number of ether oxygens (including phenoxy) is 1. The molecule has 0 aromatic carbocycles. The predicted octanol–water partition coefficient (Wildman–Crippen LogP) is 1.81. The van der Waals surface area contributed by atoms with E-state index in [0.717, 1.165) is 49.5 Å². The number of hydrogen-bond donors (Lipinski definition) is 1. The number of aromatic amines is 1. The number of H-pyrrole nitrogens is 1. The maximum absolute atomic E-state index is 5.56. The molecule has 1 aliphatic heterocycles. The highest BCUT2D eigenvalue weighted by Gasteiger charge is 2.15. The Balaban J connectivity index is 1.82. The Morgan fingerprint density at radius 3 is 2.82 bits per heavy atom. The van der Waals surface area contributed by atoms with E-state index in [4.69, 9.17) is 9.15 Å². The molecule has 1 saturated heterocycles. The third kappa shape index (κ3) is 2.06. The van der Waals surface area contributed by atoms with E-state index in [1.54, 1.807) is 0 Å². The lowest BCUT2D eigenvalue weighted by atomic mass is 10.3. The molecular weight excluding hydrogens is 218 g/mol. The molecule has 5 heteroatoms. The molecule has 0 aliphatic carbocycles. The molecule has 0 spiro atoms. The molecule has 0 saturated carbocycles. The van der Waals surface area contributed by atoms with Crippen molar-refractivity contribution in [2.45, 2.75) is 6.92 Å². The number of aromatic nitrogens is 2. The van der Waals surface area contributed by atoms with Crippen LogP contribution in [0.5, 0.6) is 0 Å². The Labute approximate surface area is 99.4 Å². The van der Waals surface area contributed by atoms with Crippen LogP contribution in [0.1, 0.15) is 5.76 Å². The first-order valence-electron chi connectivity index (χ1n) is 5.77. The van der Waals surface area contributed by atoms with Gasteiger partial charge in [0.1, 0.15) is 11.5 Å². The third-order valence-electron chi connectivity index (χ3n) is 2.88. The van der Waals surface area contributed by atoms with Crippen LogP contribution in [-0.2, 0) is 4.74 Å². The predicted molar refractivity (Wildman–Crippen MR) is 64.1 cm³/mol. The number of imidazole rings is 1. The van der Waals surface area contributed by atoms with Crippen molar-refractivity contribution >= 4 is 5.95 Å². The first-order chi connectivity index (χ1) is 8.33. The maximum atomic E-state index is 5.56. The Morgan fingerprint density at radius 2 is 2.12 bits per heavy atom. The van der Waals surface area contributed by atoms with Gasteiger partial charge in [-0.1, -0.05) is 0 Å². The lowest BCUT2D eigenvalue weighted by molar-refractivity contribution is 0.122. The first kappa shape index (κ1) is 10.4. The standard InChI is InChI=1S/C12H15N3O2/c1-9-2-3-11(17-9)10-8-13-12(14-10)15-4-6-16-7-5-15/h2-3,8H,4-7H2,1H3,(H,13,14). The van der Waals surface area contributed by atoms with Gasteiger partial charge in [-0.3, -0.25) is 0 Å². The molecule has 3 rings (SSSR count). The molecule has 2 aromatic heterocycles. The zero-order valence-electron chi connectivity index (χ0n) is 9.77. The van der Waals surface area contributed by atoms with Gasteiger partial charge >= 0.3 is 0 Å². The number of nitrogens with zero attached hydrogens (tertiary/aromatic N) is 2. The maximum Gasteiger partial charge on any atom is 0.203 e. The number of nitrogens with one attached hydrogen (secondary N) is 1. The molecular formula is C12H15N3O2. The Hall–Kier alpha value is -1.75. The number of rotatable bonds is 2. The van der Waals surface area contributed by atoms with Crippen molar-refractivity contribution < 1.29 is 9.15 Å². The van der Waals surface area contributed by atoms with Crippen LogP contribution in [0, 0.1) is 6.92 Å². The van der Waals surface area contributed by atoms with Crippen molar-refractivity contribution in [3.8, 4) is 11.5 Å². The number of furan rings is 1. The number of hydrogen-bond acceptors (Lipinski definition) is 4. The molecule has 1 N–H and O–H groups in total. The van der Waals surface area contributed by atoms with Gasteiger partial charge in [0.25, 0.3) is 0 Å². The zero-order valence-corrected chi connectivity index (χ0v) is 9.77. The van der Waals surface area contributed by atoms with E-state index >= 15 is 0 Å². The molecule has 17 heavy (non-hydrogen) atoms. The summed E-state index contributed by atoms with van der Waals surface area (Å²) in [5.74, 6) is 2.62. The van der Waals surface area contributed by atoms with Gasteiger partial charge in [0.05, 0.1) is 19.4 Å². The van der Waals surface area contributed by atoms with Gasteiger partial charge in [0.15, 0.2) is 5.76 Å². The summed E-state index contributed by atoms with van der Waals surface area (Å²) in [6.45, 7) is 5.21. The fourth-order valence-corrected chi connectivity index (χ4v) is 1.95. The highest BCUT2D eigenvalue weighted by atomic mass is 16.5. The highest BCUT2D eigenvalue weighted by molar-refractivity contribution is 5.54. The van der Waals surface area contributed by atoms with Crippen LogP contribution in [0.3, 0.4) is 0 Å². The van der Waals surface area contributed by atoms with Crippen LogP contribution in [0.15, 0.2) is 22.7 Å². The largest absolute Gasteiger partial charge is 0.460 e. The van der Waals surface area contributed by atoms with Gasteiger partial charge in [-0.2, -0.15) is 0 Å². The summed E-state index contributed by atoms with van der Waals surface area (Å²) in [5, 5.41) is 0. The van der Waals surface area contributed by atoms with E-state index < -0.39 is 0 Å². The van der Waals surface area contributed by atoms with E-state index in [1.165, 1.54) is 0 Å². The Kier molecular flexibility index (Phi) is 2.60. The summed E-state index contributed by atoms with van der Waals surface area (Å²) in [4.78, 5) is 9.84. The molecule has 1 fully saturated rings. The van der Waals surface area contributed by atoms with Crippen molar-refractivity contribution in [1.29, 1.82) is 0 Å². The molecule has 0 radical (unpaired) electrons. The Morgan fingerprint density at radius 1 is 1.29 bits per heavy atom. The second-order valence-electron chi connectivity index (χ2n) is 4.13. The van der Waals surface area contributed by atoms with Gasteiger partial charge < -0.3 is 19.0 Å². The van der Waals surface area contributed by atoms with Crippen molar-refractivity contribution in [2.75, 3.05) is 31.2 Å². The van der Waals surface area contributed by atoms with Crippen molar-refractivity contribution in [1.82, 2.24) is 9.97 Å². The second kappa shape index (κ2) is 4.25. The minimum absolute atomic E-state index is 0.760. The van der Waals surface area contributed by atoms with Crippen LogP contribution < -0.4 is 4.90 Å².